The van der Waals surface area contributed by atoms with Gasteiger partial charge in [0.2, 0.25) is 0 Å². The van der Waals surface area contributed by atoms with E-state index in [0.717, 1.165) is 51.6 Å². The predicted octanol–water partition coefficient (Wildman–Crippen LogP) is 15.0. The van der Waals surface area contributed by atoms with Gasteiger partial charge in [0.1, 0.15) is 11.5 Å². The van der Waals surface area contributed by atoms with E-state index in [-0.39, 0.29) is 0 Å². The van der Waals surface area contributed by atoms with Gasteiger partial charge in [-0.1, -0.05) is 188 Å². The molecule has 1 spiro atoms. The number of hydrogen-bond acceptors (Lipinski definition) is 3. The average Bonchev–Trinajstić information content (AvgIpc) is 3.36. The summed E-state index contributed by atoms with van der Waals surface area (Å²) in [5.41, 5.74) is 14.3. The van der Waals surface area contributed by atoms with Crippen molar-refractivity contribution in [2.75, 3.05) is 0 Å². The number of hydrogen-bond donors (Lipinski definition) is 0. The van der Waals surface area contributed by atoms with Crippen molar-refractivity contribution in [3.63, 3.8) is 0 Å². The van der Waals surface area contributed by atoms with Gasteiger partial charge in [-0.05, 0) is 102 Å². The molecule has 0 saturated heterocycles. The van der Waals surface area contributed by atoms with Gasteiger partial charge in [0, 0.05) is 27.8 Å². The van der Waals surface area contributed by atoms with Crippen molar-refractivity contribution in [2.45, 2.75) is 11.8 Å². The van der Waals surface area contributed by atoms with Crippen molar-refractivity contribution >= 4 is 32.3 Å². The molecule has 0 N–H and O–H groups in total. The maximum atomic E-state index is 6.60. The summed E-state index contributed by atoms with van der Waals surface area (Å²) in [6.07, 6.45) is 0.846. The van der Waals surface area contributed by atoms with Crippen LogP contribution in [0, 0.1) is 0 Å². The highest BCUT2D eigenvalue weighted by molar-refractivity contribution is 6.25. The van der Waals surface area contributed by atoms with E-state index in [0.29, 0.717) is 5.82 Å². The fourth-order valence-corrected chi connectivity index (χ4v) is 10.6. The van der Waals surface area contributed by atoms with Crippen LogP contribution in [0.3, 0.4) is 0 Å². The van der Waals surface area contributed by atoms with E-state index in [1.54, 1.807) is 0 Å². The van der Waals surface area contributed by atoms with Gasteiger partial charge in [-0.15, -0.1) is 0 Å². The van der Waals surface area contributed by atoms with Gasteiger partial charge in [-0.25, -0.2) is 9.97 Å². The highest BCUT2D eigenvalue weighted by Gasteiger charge is 2.49. The fraction of sp³-hybridized carbons (Fsp3) is 0.0333. The molecule has 294 valence electrons. The first-order chi connectivity index (χ1) is 31.2. The van der Waals surface area contributed by atoms with Gasteiger partial charge in [0.25, 0.3) is 0 Å². The van der Waals surface area contributed by atoms with Crippen LogP contribution in [-0.4, -0.2) is 9.97 Å². The van der Waals surface area contributed by atoms with Crippen LogP contribution in [0.5, 0.6) is 11.5 Å². The monoisotopic (exact) mass is 802 g/mol. The fourth-order valence-electron chi connectivity index (χ4n) is 10.6. The molecule has 13 rings (SSSR count). The van der Waals surface area contributed by atoms with E-state index in [1.165, 1.54) is 71.3 Å². The van der Waals surface area contributed by atoms with Crippen LogP contribution in [0.1, 0.15) is 33.4 Å². The number of nitrogens with zero attached hydrogens (tertiary/aromatic N) is 2. The maximum Gasteiger partial charge on any atom is 0.160 e. The zero-order valence-corrected chi connectivity index (χ0v) is 34.3. The summed E-state index contributed by atoms with van der Waals surface area (Å²) in [7, 11) is 0. The molecule has 1 aliphatic carbocycles. The lowest BCUT2D eigenvalue weighted by molar-refractivity contribution is 0.432. The Morgan fingerprint density at radius 3 is 1.54 bits per heavy atom. The highest BCUT2D eigenvalue weighted by Crippen LogP contribution is 2.58. The molecule has 2 heterocycles. The lowest BCUT2D eigenvalue weighted by Crippen LogP contribution is -2.38. The third kappa shape index (κ3) is 5.46. The number of para-hydroxylation sites is 2. The van der Waals surface area contributed by atoms with Gasteiger partial charge in [-0.2, -0.15) is 0 Å². The van der Waals surface area contributed by atoms with Gasteiger partial charge in [-0.3, -0.25) is 0 Å². The molecule has 0 saturated carbocycles. The van der Waals surface area contributed by atoms with Crippen molar-refractivity contribution < 1.29 is 4.74 Å². The second kappa shape index (κ2) is 14.0. The Labute approximate surface area is 365 Å². The molecule has 3 nitrogen and oxygen atoms in total. The normalized spacial score (nSPS) is 13.3. The van der Waals surface area contributed by atoms with Crippen molar-refractivity contribution in [2.24, 2.45) is 0 Å². The molecule has 0 bridgehead atoms. The SMILES string of the molecule is c1ccc(-c2cc(-c3cccc(-c4ccc5c(c4)Cc4ccccc4C54c5ccccc5Oc5ccccc54)c3)nc(-c3ccc4c5ccccc5c5ccccc5c4c3)n2)cc1. The second-order valence-electron chi connectivity index (χ2n) is 16.8. The summed E-state index contributed by atoms with van der Waals surface area (Å²) >= 11 is 0. The molecule has 3 heteroatoms. The van der Waals surface area contributed by atoms with Crippen LogP contribution in [0.15, 0.2) is 218 Å². The van der Waals surface area contributed by atoms with E-state index in [9.17, 15) is 0 Å². The second-order valence-corrected chi connectivity index (χ2v) is 16.8. The standard InChI is InChI=1S/C60H38N2O/c1-2-15-38(16-3-1)55-37-56(62-59(61-55)43-29-31-49-47-22-6-5-20-45(47)46-21-7-8-23-48(46)50(49)36-43)42-19-14-18-39(33-42)40-30-32-52-44(34-40)35-41-17-4-9-24-51(41)60(52)53-25-10-12-27-57(53)63-58-28-13-11-26-54(58)60/h1-34,36-37H,35H2. The van der Waals surface area contributed by atoms with E-state index < -0.39 is 5.41 Å². The number of benzene rings is 10. The van der Waals surface area contributed by atoms with Crippen molar-refractivity contribution in [1.29, 1.82) is 0 Å². The average molecular weight is 803 g/mol. The van der Waals surface area contributed by atoms with Gasteiger partial charge < -0.3 is 4.74 Å². The number of aromatic nitrogens is 2. The van der Waals surface area contributed by atoms with Crippen molar-refractivity contribution in [1.82, 2.24) is 9.97 Å². The van der Waals surface area contributed by atoms with Gasteiger partial charge in [0.05, 0.1) is 16.8 Å². The first-order valence-corrected chi connectivity index (χ1v) is 21.7. The first kappa shape index (κ1) is 35.6. The summed E-state index contributed by atoms with van der Waals surface area (Å²) in [6, 6.07) is 78.7. The molecule has 0 unspecified atom stereocenters. The van der Waals surface area contributed by atoms with Crippen LogP contribution >= 0.6 is 0 Å². The van der Waals surface area contributed by atoms with Crippen LogP contribution in [-0.2, 0) is 11.8 Å². The molecule has 11 aromatic rings. The molecule has 2 aliphatic rings. The van der Waals surface area contributed by atoms with Crippen LogP contribution in [0.2, 0.25) is 0 Å². The van der Waals surface area contributed by atoms with Crippen LogP contribution < -0.4 is 4.74 Å². The number of fused-ring (bicyclic) bond motifs is 14. The topological polar surface area (TPSA) is 35.0 Å². The number of ether oxygens (including phenoxy) is 1. The predicted molar refractivity (Wildman–Crippen MR) is 257 cm³/mol. The van der Waals surface area contributed by atoms with E-state index >= 15 is 0 Å². The molecule has 0 fully saturated rings. The summed E-state index contributed by atoms with van der Waals surface area (Å²) in [4.78, 5) is 10.6. The molecule has 0 amide bonds. The van der Waals surface area contributed by atoms with Crippen molar-refractivity contribution in [3.8, 4) is 56.5 Å². The third-order valence-corrected chi connectivity index (χ3v) is 13.4. The maximum absolute atomic E-state index is 6.60. The Kier molecular flexibility index (Phi) is 7.88. The Morgan fingerprint density at radius 1 is 0.317 bits per heavy atom. The van der Waals surface area contributed by atoms with Crippen LogP contribution in [0.25, 0.3) is 77.3 Å². The molecular weight excluding hydrogens is 765 g/mol. The van der Waals surface area contributed by atoms with E-state index in [2.05, 4.69) is 212 Å². The molecule has 0 atom stereocenters. The molecule has 63 heavy (non-hydrogen) atoms. The minimum Gasteiger partial charge on any atom is -0.457 e. The van der Waals surface area contributed by atoms with Crippen molar-refractivity contribution in [3.05, 3.63) is 252 Å². The Bertz CT molecular complexity index is 3550. The van der Waals surface area contributed by atoms with Gasteiger partial charge >= 0.3 is 0 Å². The zero-order chi connectivity index (χ0) is 41.5. The summed E-state index contributed by atoms with van der Waals surface area (Å²) in [5.74, 6) is 2.51. The minimum atomic E-state index is -0.511. The van der Waals surface area contributed by atoms with Crippen LogP contribution in [0.4, 0.5) is 0 Å². The Morgan fingerprint density at radius 2 is 0.825 bits per heavy atom. The third-order valence-electron chi connectivity index (χ3n) is 13.4. The molecule has 10 aromatic carbocycles. The summed E-state index contributed by atoms with van der Waals surface area (Å²) in [6.45, 7) is 0. The summed E-state index contributed by atoms with van der Waals surface area (Å²) in [5, 5.41) is 7.41. The summed E-state index contributed by atoms with van der Waals surface area (Å²) < 4.78 is 6.60. The molecule has 1 aromatic heterocycles. The largest absolute Gasteiger partial charge is 0.457 e. The van der Waals surface area contributed by atoms with Gasteiger partial charge in [0.15, 0.2) is 5.82 Å². The van der Waals surface area contributed by atoms with E-state index in [1.807, 2.05) is 6.07 Å². The van der Waals surface area contributed by atoms with E-state index in [4.69, 9.17) is 14.7 Å². The molecular formula is C60H38N2O. The quantitative estimate of drug-likeness (QED) is 0.166. The lowest BCUT2D eigenvalue weighted by atomic mass is 9.58. The Hall–Kier alpha value is -8.14. The minimum absolute atomic E-state index is 0.511. The molecule has 1 aliphatic heterocycles. The zero-order valence-electron chi connectivity index (χ0n) is 34.3. The smallest absolute Gasteiger partial charge is 0.160 e. The number of rotatable bonds is 4. The highest BCUT2D eigenvalue weighted by atomic mass is 16.5. The molecule has 0 radical (unpaired) electrons. The Balaban J connectivity index is 0.960. The first-order valence-electron chi connectivity index (χ1n) is 21.7. The lowest BCUT2D eigenvalue weighted by Gasteiger charge is -2.45.